The first-order valence-corrected chi connectivity index (χ1v) is 7.30. The molecule has 1 aromatic rings. The third kappa shape index (κ3) is 3.58. The summed E-state index contributed by atoms with van der Waals surface area (Å²) in [7, 11) is 0. The van der Waals surface area contributed by atoms with Gasteiger partial charge in [-0.3, -0.25) is 11.3 Å². The lowest BCUT2D eigenvalue weighted by Gasteiger charge is -2.19. The largest absolute Gasteiger partial charge is 0.271 e. The van der Waals surface area contributed by atoms with Crippen LogP contribution in [0.1, 0.15) is 44.1 Å². The van der Waals surface area contributed by atoms with Gasteiger partial charge in [0.15, 0.2) is 0 Å². The van der Waals surface area contributed by atoms with Gasteiger partial charge in [-0.05, 0) is 47.6 Å². The zero-order chi connectivity index (χ0) is 11.2. The van der Waals surface area contributed by atoms with Gasteiger partial charge in [0.2, 0.25) is 0 Å². The van der Waals surface area contributed by atoms with Crippen molar-refractivity contribution < 1.29 is 0 Å². The van der Waals surface area contributed by atoms with E-state index in [9.17, 15) is 0 Å². The first-order valence-electron chi connectivity index (χ1n) is 6.35. The molecule has 2 rings (SSSR count). The molecule has 0 aromatic carbocycles. The molecule has 2 nitrogen and oxygen atoms in total. The molecule has 16 heavy (non-hydrogen) atoms. The Morgan fingerprint density at radius 3 is 2.88 bits per heavy atom. The van der Waals surface area contributed by atoms with Gasteiger partial charge in [0.25, 0.3) is 0 Å². The molecule has 0 amide bonds. The number of nitrogens with one attached hydrogen (secondary N) is 1. The van der Waals surface area contributed by atoms with Crippen LogP contribution in [-0.2, 0) is 6.42 Å². The van der Waals surface area contributed by atoms with Crippen LogP contribution in [0.4, 0.5) is 0 Å². The molecule has 0 radical (unpaired) electrons. The van der Waals surface area contributed by atoms with Crippen LogP contribution < -0.4 is 11.3 Å². The van der Waals surface area contributed by atoms with Crippen molar-refractivity contribution in [2.24, 2.45) is 11.8 Å². The second-order valence-electron chi connectivity index (χ2n) is 4.92. The normalized spacial score (nSPS) is 19.1. The van der Waals surface area contributed by atoms with Gasteiger partial charge < -0.3 is 0 Å². The maximum absolute atomic E-state index is 5.64. The molecule has 1 atom stereocenters. The monoisotopic (exact) mass is 238 g/mol. The Hall–Kier alpha value is -0.380. The van der Waals surface area contributed by atoms with Gasteiger partial charge in [-0.15, -0.1) is 0 Å². The van der Waals surface area contributed by atoms with Crippen molar-refractivity contribution >= 4 is 11.3 Å². The standard InChI is InChI=1S/C13H22N2S/c14-15-13(9-11-3-1-2-4-11)6-5-12-7-8-16-10-12/h7-8,10-11,13,15H,1-6,9,14H2. The van der Waals surface area contributed by atoms with Crippen molar-refractivity contribution in [2.75, 3.05) is 0 Å². The first-order chi connectivity index (χ1) is 7.88. The lowest BCUT2D eigenvalue weighted by Crippen LogP contribution is -2.36. The zero-order valence-electron chi connectivity index (χ0n) is 9.82. The van der Waals surface area contributed by atoms with Gasteiger partial charge in [0.1, 0.15) is 0 Å². The fourth-order valence-corrected chi connectivity index (χ4v) is 3.40. The minimum Gasteiger partial charge on any atom is -0.271 e. The molecule has 3 heteroatoms. The van der Waals surface area contributed by atoms with Crippen LogP contribution in [0.2, 0.25) is 0 Å². The van der Waals surface area contributed by atoms with Crippen LogP contribution >= 0.6 is 11.3 Å². The second kappa shape index (κ2) is 6.38. The topological polar surface area (TPSA) is 38.0 Å². The average Bonchev–Trinajstić information content (AvgIpc) is 2.97. The van der Waals surface area contributed by atoms with Crippen LogP contribution in [0.3, 0.4) is 0 Å². The fraction of sp³-hybridized carbons (Fsp3) is 0.692. The fourth-order valence-electron chi connectivity index (χ4n) is 2.69. The Labute approximate surface area is 102 Å². The molecule has 0 bridgehead atoms. The summed E-state index contributed by atoms with van der Waals surface area (Å²) in [5, 5.41) is 4.39. The molecule has 3 N–H and O–H groups in total. The molecule has 1 heterocycles. The van der Waals surface area contributed by atoms with E-state index in [1.54, 1.807) is 11.3 Å². The summed E-state index contributed by atoms with van der Waals surface area (Å²) in [6.07, 6.45) is 9.27. The predicted molar refractivity (Wildman–Crippen MR) is 70.3 cm³/mol. The van der Waals surface area contributed by atoms with Gasteiger partial charge in [0, 0.05) is 6.04 Å². The van der Waals surface area contributed by atoms with Crippen molar-refractivity contribution in [1.29, 1.82) is 0 Å². The van der Waals surface area contributed by atoms with Crippen molar-refractivity contribution in [2.45, 2.75) is 51.0 Å². The van der Waals surface area contributed by atoms with Gasteiger partial charge in [0.05, 0.1) is 0 Å². The van der Waals surface area contributed by atoms with E-state index in [1.807, 2.05) is 0 Å². The summed E-state index contributed by atoms with van der Waals surface area (Å²) >= 11 is 1.78. The van der Waals surface area contributed by atoms with Crippen molar-refractivity contribution in [3.05, 3.63) is 22.4 Å². The first kappa shape index (κ1) is 12.1. The third-order valence-electron chi connectivity index (χ3n) is 3.69. The summed E-state index contributed by atoms with van der Waals surface area (Å²) in [4.78, 5) is 0. The maximum atomic E-state index is 5.64. The molecule has 1 aliphatic carbocycles. The van der Waals surface area contributed by atoms with E-state index in [4.69, 9.17) is 5.84 Å². The Morgan fingerprint density at radius 2 is 2.25 bits per heavy atom. The molecule has 1 aromatic heterocycles. The highest BCUT2D eigenvalue weighted by Gasteiger charge is 2.19. The number of nitrogens with two attached hydrogens (primary N) is 1. The number of thiophene rings is 1. The number of aryl methyl sites for hydroxylation is 1. The van der Waals surface area contributed by atoms with Gasteiger partial charge in [-0.25, -0.2) is 0 Å². The molecule has 90 valence electrons. The molecular formula is C13H22N2S. The Balaban J connectivity index is 1.72. The van der Waals surface area contributed by atoms with Gasteiger partial charge in [-0.2, -0.15) is 11.3 Å². The second-order valence-corrected chi connectivity index (χ2v) is 5.70. The summed E-state index contributed by atoms with van der Waals surface area (Å²) in [5.74, 6) is 6.56. The molecule has 0 saturated heterocycles. The van der Waals surface area contributed by atoms with Crippen molar-refractivity contribution in [3.8, 4) is 0 Å². The highest BCUT2D eigenvalue weighted by molar-refractivity contribution is 7.07. The predicted octanol–water partition coefficient (Wildman–Crippen LogP) is 3.09. The Bertz CT molecular complexity index is 278. The zero-order valence-corrected chi connectivity index (χ0v) is 10.6. The van der Waals surface area contributed by atoms with Crippen molar-refractivity contribution in [1.82, 2.24) is 5.43 Å². The SMILES string of the molecule is NNC(CCc1ccsc1)CC1CCCC1. The van der Waals surface area contributed by atoms with Crippen LogP contribution in [0, 0.1) is 5.92 Å². The van der Waals surface area contributed by atoms with E-state index in [2.05, 4.69) is 22.3 Å². The van der Waals surface area contributed by atoms with Crippen LogP contribution in [-0.4, -0.2) is 6.04 Å². The average molecular weight is 238 g/mol. The maximum Gasteiger partial charge on any atom is 0.0216 e. The number of hydrazine groups is 1. The minimum absolute atomic E-state index is 0.503. The van der Waals surface area contributed by atoms with E-state index in [0.717, 1.165) is 12.3 Å². The third-order valence-corrected chi connectivity index (χ3v) is 4.42. The van der Waals surface area contributed by atoms with E-state index in [-0.39, 0.29) is 0 Å². The number of hydrogen-bond donors (Lipinski definition) is 2. The van der Waals surface area contributed by atoms with E-state index < -0.39 is 0 Å². The van der Waals surface area contributed by atoms with Crippen molar-refractivity contribution in [3.63, 3.8) is 0 Å². The molecule has 0 aliphatic heterocycles. The Morgan fingerprint density at radius 1 is 1.44 bits per heavy atom. The van der Waals surface area contributed by atoms with Crippen LogP contribution in [0.25, 0.3) is 0 Å². The highest BCUT2D eigenvalue weighted by atomic mass is 32.1. The number of hydrogen-bond acceptors (Lipinski definition) is 3. The summed E-state index contributed by atoms with van der Waals surface area (Å²) in [6.45, 7) is 0. The van der Waals surface area contributed by atoms with E-state index >= 15 is 0 Å². The van der Waals surface area contributed by atoms with E-state index in [1.165, 1.54) is 44.1 Å². The highest BCUT2D eigenvalue weighted by Crippen LogP contribution is 2.29. The molecule has 1 saturated carbocycles. The lowest BCUT2D eigenvalue weighted by molar-refractivity contribution is 0.375. The molecule has 1 aliphatic rings. The van der Waals surface area contributed by atoms with Crippen LogP contribution in [0.5, 0.6) is 0 Å². The summed E-state index contributed by atoms with van der Waals surface area (Å²) < 4.78 is 0. The van der Waals surface area contributed by atoms with Gasteiger partial charge >= 0.3 is 0 Å². The molecule has 0 spiro atoms. The number of rotatable bonds is 6. The summed E-state index contributed by atoms with van der Waals surface area (Å²) in [6, 6.07) is 2.72. The quantitative estimate of drug-likeness (QED) is 0.590. The van der Waals surface area contributed by atoms with Gasteiger partial charge in [-0.1, -0.05) is 25.7 Å². The lowest BCUT2D eigenvalue weighted by atomic mass is 9.95. The molecular weight excluding hydrogens is 216 g/mol. The van der Waals surface area contributed by atoms with E-state index in [0.29, 0.717) is 6.04 Å². The minimum atomic E-state index is 0.503. The Kier molecular flexibility index (Phi) is 4.82. The molecule has 1 unspecified atom stereocenters. The smallest absolute Gasteiger partial charge is 0.0216 e. The summed E-state index contributed by atoms with van der Waals surface area (Å²) in [5.41, 5.74) is 4.45. The molecule has 1 fully saturated rings. The van der Waals surface area contributed by atoms with Crippen LogP contribution in [0.15, 0.2) is 16.8 Å².